The number of anilines is 1. The summed E-state index contributed by atoms with van der Waals surface area (Å²) in [6.07, 6.45) is 0.728. The lowest BCUT2D eigenvalue weighted by molar-refractivity contribution is -0.143. The van der Waals surface area contributed by atoms with E-state index >= 15 is 0 Å². The number of aliphatic imine (C=N–C) groups is 1. The zero-order valence-electron chi connectivity index (χ0n) is 24.7. The molecular weight excluding hydrogens is 560 g/mol. The number of amides is 5. The van der Waals surface area contributed by atoms with Gasteiger partial charge >= 0.3 is 5.97 Å². The van der Waals surface area contributed by atoms with Crippen molar-refractivity contribution in [2.24, 2.45) is 28.1 Å². The fourth-order valence-electron chi connectivity index (χ4n) is 4.76. The number of nitrogens with zero attached hydrogens (tertiary/aromatic N) is 3. The van der Waals surface area contributed by atoms with Gasteiger partial charge in [0.15, 0.2) is 5.96 Å². The molecule has 1 aliphatic heterocycles. The van der Waals surface area contributed by atoms with Crippen LogP contribution in [0.1, 0.15) is 52.9 Å². The summed E-state index contributed by atoms with van der Waals surface area (Å²) >= 11 is 0. The number of para-hydroxylation sites is 1. The second kappa shape index (κ2) is 16.2. The average Bonchev–Trinajstić information content (AvgIpc) is 3.43. The summed E-state index contributed by atoms with van der Waals surface area (Å²) in [6.45, 7) is 5.06. The van der Waals surface area contributed by atoms with E-state index in [0.717, 1.165) is 4.90 Å². The number of rotatable bonds is 14. The molecule has 0 aliphatic carbocycles. The maximum atomic E-state index is 13.5. The van der Waals surface area contributed by atoms with Crippen molar-refractivity contribution in [3.8, 4) is 0 Å². The first-order valence-corrected chi connectivity index (χ1v) is 14.1. The number of likely N-dealkylation sites (tertiary alicyclic amines) is 1. The highest BCUT2D eigenvalue weighted by atomic mass is 16.4. The summed E-state index contributed by atoms with van der Waals surface area (Å²) in [6, 6.07) is 3.50. The summed E-state index contributed by atoms with van der Waals surface area (Å²) in [7, 11) is 0. The van der Waals surface area contributed by atoms with Crippen molar-refractivity contribution >= 4 is 47.2 Å². The minimum Gasteiger partial charge on any atom is -0.481 e. The summed E-state index contributed by atoms with van der Waals surface area (Å²) in [5.74, 6) is -5.35. The van der Waals surface area contributed by atoms with Crippen LogP contribution in [0.15, 0.2) is 35.3 Å². The Labute approximate surface area is 250 Å². The molecule has 15 nitrogen and oxygen atoms in total. The number of guanidine groups is 1. The van der Waals surface area contributed by atoms with Gasteiger partial charge in [-0.15, -0.1) is 0 Å². The van der Waals surface area contributed by atoms with Gasteiger partial charge in [-0.2, -0.15) is 0 Å². The molecule has 1 saturated heterocycles. The van der Waals surface area contributed by atoms with Gasteiger partial charge in [0.25, 0.3) is 5.91 Å². The lowest BCUT2D eigenvalue weighted by Crippen LogP contribution is -2.59. The number of nitrogens with one attached hydrogen (secondary N) is 2. The Morgan fingerprint density at radius 1 is 1.09 bits per heavy atom. The van der Waals surface area contributed by atoms with Gasteiger partial charge in [0.05, 0.1) is 18.2 Å². The van der Waals surface area contributed by atoms with Gasteiger partial charge < -0.3 is 37.8 Å². The number of benzene rings is 1. The number of aliphatic carboxylic acids is 1. The number of carbonyl (C=O) groups excluding carboxylic acids is 5. The first kappa shape index (κ1) is 34.7. The van der Waals surface area contributed by atoms with Crippen molar-refractivity contribution in [1.29, 1.82) is 0 Å². The molecule has 0 radical (unpaired) electrons. The summed E-state index contributed by atoms with van der Waals surface area (Å²) in [4.78, 5) is 83.2. The van der Waals surface area contributed by atoms with E-state index in [-0.39, 0.29) is 31.9 Å². The van der Waals surface area contributed by atoms with Gasteiger partial charge in [-0.3, -0.25) is 33.8 Å². The molecule has 0 bridgehead atoms. The van der Waals surface area contributed by atoms with E-state index in [1.807, 2.05) is 0 Å². The Bertz CT molecular complexity index is 1200. The fraction of sp³-hybridized carbons (Fsp3) is 0.536. The third kappa shape index (κ3) is 10.1. The van der Waals surface area contributed by atoms with Gasteiger partial charge in [0.1, 0.15) is 18.1 Å². The van der Waals surface area contributed by atoms with Crippen molar-refractivity contribution in [3.63, 3.8) is 0 Å². The smallest absolute Gasteiger partial charge is 0.305 e. The first-order valence-electron chi connectivity index (χ1n) is 14.1. The molecule has 1 aliphatic rings. The Balaban J connectivity index is 2.17. The molecule has 2 rings (SSSR count). The maximum absolute atomic E-state index is 13.5. The Hall–Kier alpha value is -4.53. The molecule has 5 amide bonds. The SMILES string of the molecule is CC(=O)N(C(=O)[C@@H](NC(=O)[C@H](CC(=O)O)NC(=O)[C@@H]1CCCN1C(=O)[C@@H](N)CCCN=C(N)N)C(C)C)c1ccccc1. The topological polar surface area (TPSA) is 244 Å². The third-order valence-electron chi connectivity index (χ3n) is 6.92. The van der Waals surface area contributed by atoms with Crippen LogP contribution in [0.2, 0.25) is 0 Å². The highest BCUT2D eigenvalue weighted by molar-refractivity contribution is 6.16. The molecule has 0 spiro atoms. The highest BCUT2D eigenvalue weighted by Crippen LogP contribution is 2.20. The number of carboxylic acid groups (broad SMARTS) is 1. The Morgan fingerprint density at radius 2 is 1.74 bits per heavy atom. The number of hydrogen-bond donors (Lipinski definition) is 6. The predicted octanol–water partition coefficient (Wildman–Crippen LogP) is -0.962. The lowest BCUT2D eigenvalue weighted by atomic mass is 10.0. The Kier molecular flexibility index (Phi) is 13.1. The molecule has 1 heterocycles. The van der Waals surface area contributed by atoms with Gasteiger partial charge in [-0.25, -0.2) is 4.90 Å². The first-order chi connectivity index (χ1) is 20.2. The van der Waals surface area contributed by atoms with Crippen molar-refractivity contribution < 1.29 is 33.9 Å². The minimum atomic E-state index is -1.56. The van der Waals surface area contributed by atoms with Crippen LogP contribution in [-0.4, -0.2) is 88.7 Å². The molecule has 4 atom stereocenters. The van der Waals surface area contributed by atoms with Gasteiger partial charge in [-0.1, -0.05) is 32.0 Å². The fourth-order valence-corrected chi connectivity index (χ4v) is 4.76. The maximum Gasteiger partial charge on any atom is 0.305 e. The van der Waals surface area contributed by atoms with Gasteiger partial charge in [0.2, 0.25) is 23.6 Å². The van der Waals surface area contributed by atoms with Crippen LogP contribution < -0.4 is 32.7 Å². The van der Waals surface area contributed by atoms with Crippen LogP contribution in [-0.2, 0) is 28.8 Å². The van der Waals surface area contributed by atoms with E-state index in [0.29, 0.717) is 18.5 Å². The van der Waals surface area contributed by atoms with Crippen LogP contribution in [0, 0.1) is 5.92 Å². The van der Waals surface area contributed by atoms with Crippen molar-refractivity contribution in [1.82, 2.24) is 15.5 Å². The molecule has 1 fully saturated rings. The second-order valence-electron chi connectivity index (χ2n) is 10.7. The molecule has 236 valence electrons. The third-order valence-corrected chi connectivity index (χ3v) is 6.92. The van der Waals surface area contributed by atoms with E-state index in [1.54, 1.807) is 44.2 Å². The monoisotopic (exact) mass is 602 g/mol. The van der Waals surface area contributed by atoms with E-state index in [4.69, 9.17) is 17.2 Å². The molecule has 0 aromatic heterocycles. The van der Waals surface area contributed by atoms with Crippen LogP contribution in [0.3, 0.4) is 0 Å². The zero-order chi connectivity index (χ0) is 32.3. The van der Waals surface area contributed by atoms with Crippen LogP contribution >= 0.6 is 0 Å². The zero-order valence-corrected chi connectivity index (χ0v) is 24.7. The van der Waals surface area contributed by atoms with Crippen LogP contribution in [0.4, 0.5) is 5.69 Å². The van der Waals surface area contributed by atoms with Crippen LogP contribution in [0.5, 0.6) is 0 Å². The normalized spacial score (nSPS) is 16.5. The summed E-state index contributed by atoms with van der Waals surface area (Å²) in [5, 5.41) is 14.4. The van der Waals surface area contributed by atoms with E-state index < -0.39 is 72.0 Å². The van der Waals surface area contributed by atoms with Crippen molar-refractivity contribution in [2.75, 3.05) is 18.0 Å². The molecule has 0 unspecified atom stereocenters. The van der Waals surface area contributed by atoms with Gasteiger partial charge in [-0.05, 0) is 43.7 Å². The molecule has 15 heteroatoms. The average molecular weight is 603 g/mol. The predicted molar refractivity (Wildman–Crippen MR) is 158 cm³/mol. The number of carbonyl (C=O) groups is 6. The Morgan fingerprint density at radius 3 is 2.30 bits per heavy atom. The summed E-state index contributed by atoms with van der Waals surface area (Å²) < 4.78 is 0. The second-order valence-corrected chi connectivity index (χ2v) is 10.7. The molecular formula is C28H42N8O7. The number of imide groups is 1. The minimum absolute atomic E-state index is 0.0763. The van der Waals surface area contributed by atoms with E-state index in [2.05, 4.69) is 15.6 Å². The molecule has 9 N–H and O–H groups in total. The number of nitrogens with two attached hydrogens (primary N) is 3. The molecule has 43 heavy (non-hydrogen) atoms. The van der Waals surface area contributed by atoms with Crippen molar-refractivity contribution in [2.45, 2.75) is 77.0 Å². The van der Waals surface area contributed by atoms with Crippen molar-refractivity contribution in [3.05, 3.63) is 30.3 Å². The van der Waals surface area contributed by atoms with Gasteiger partial charge in [0, 0.05) is 20.0 Å². The van der Waals surface area contributed by atoms with Crippen LogP contribution in [0.25, 0.3) is 0 Å². The largest absolute Gasteiger partial charge is 0.481 e. The standard InChI is InChI=1S/C28H42N8O7/c1-16(2)23(27(43)36(17(3)37)18-9-5-4-6-10-18)34-24(40)20(15-22(38)39)33-25(41)21-12-8-14-35(21)26(42)19(29)11-7-13-32-28(30)31/h4-6,9-10,16,19-21,23H,7-8,11-15,29H2,1-3H3,(H,33,41)(H,34,40)(H,38,39)(H4,30,31,32)/t19-,20-,21-,23-/m0/s1. The molecule has 0 saturated carbocycles. The van der Waals surface area contributed by atoms with E-state index in [1.165, 1.54) is 11.8 Å². The molecule has 1 aromatic rings. The quantitative estimate of drug-likeness (QED) is 0.0865. The summed E-state index contributed by atoms with van der Waals surface area (Å²) in [5.41, 5.74) is 16.9. The molecule has 1 aromatic carbocycles. The number of hydrogen-bond acceptors (Lipinski definition) is 8. The van der Waals surface area contributed by atoms with E-state index in [9.17, 15) is 33.9 Å². The number of carboxylic acids is 1. The lowest BCUT2D eigenvalue weighted by Gasteiger charge is -2.30. The highest BCUT2D eigenvalue weighted by Gasteiger charge is 2.39.